The van der Waals surface area contributed by atoms with Gasteiger partial charge in [0, 0.05) is 5.56 Å². The highest BCUT2D eigenvalue weighted by Gasteiger charge is 2.35. The monoisotopic (exact) mass is 400 g/mol. The lowest BCUT2D eigenvalue weighted by Crippen LogP contribution is -2.22. The first-order valence-corrected chi connectivity index (χ1v) is 9.51. The zero-order valence-corrected chi connectivity index (χ0v) is 15.8. The van der Waals surface area contributed by atoms with E-state index in [0.717, 1.165) is 14.2 Å². The van der Waals surface area contributed by atoms with E-state index in [9.17, 15) is 18.0 Å². The number of nitrogens with zero attached hydrogens (tertiary/aromatic N) is 2. The van der Waals surface area contributed by atoms with Gasteiger partial charge in [0.1, 0.15) is 11.3 Å². The summed E-state index contributed by atoms with van der Waals surface area (Å²) in [5, 5.41) is 4.09. The van der Waals surface area contributed by atoms with Crippen LogP contribution in [0.25, 0.3) is 11.3 Å². The fraction of sp³-hybridized carbons (Fsp3) is 0.105. The van der Waals surface area contributed by atoms with E-state index < -0.39 is 27.7 Å². The van der Waals surface area contributed by atoms with Crippen LogP contribution in [0, 0.1) is 0 Å². The molecule has 0 aliphatic rings. The van der Waals surface area contributed by atoms with Crippen LogP contribution >= 0.6 is 0 Å². The molecule has 0 saturated carbocycles. The number of ether oxygens (including phenoxy) is 2. The molecule has 0 spiro atoms. The second kappa shape index (κ2) is 7.65. The summed E-state index contributed by atoms with van der Waals surface area (Å²) in [6.45, 7) is 0. The molecular weight excluding hydrogens is 384 g/mol. The molecule has 1 heterocycles. The van der Waals surface area contributed by atoms with Crippen LogP contribution < -0.4 is 0 Å². The van der Waals surface area contributed by atoms with Gasteiger partial charge in [0.05, 0.1) is 19.1 Å². The van der Waals surface area contributed by atoms with Gasteiger partial charge < -0.3 is 9.47 Å². The Kier molecular flexibility index (Phi) is 5.27. The summed E-state index contributed by atoms with van der Waals surface area (Å²) in [5.41, 5.74) is -0.389. The number of hydrogen-bond acceptors (Lipinski definition) is 7. The van der Waals surface area contributed by atoms with Crippen molar-refractivity contribution in [3.8, 4) is 11.3 Å². The fourth-order valence-corrected chi connectivity index (χ4v) is 3.93. The minimum Gasteiger partial charge on any atom is -0.465 e. The van der Waals surface area contributed by atoms with Crippen molar-refractivity contribution in [3.05, 3.63) is 71.9 Å². The van der Waals surface area contributed by atoms with Crippen LogP contribution in [0.5, 0.6) is 0 Å². The molecule has 3 rings (SSSR count). The second-order valence-electron chi connectivity index (χ2n) is 5.58. The molecule has 1 aromatic heterocycles. The van der Waals surface area contributed by atoms with E-state index in [1.807, 2.05) is 0 Å². The van der Waals surface area contributed by atoms with Crippen LogP contribution in [-0.2, 0) is 19.5 Å². The molecule has 0 aliphatic carbocycles. The Bertz CT molecular complexity index is 1120. The van der Waals surface area contributed by atoms with Gasteiger partial charge in [0.15, 0.2) is 5.69 Å². The predicted molar refractivity (Wildman–Crippen MR) is 99.4 cm³/mol. The SMILES string of the molecule is COC(=O)c1c(-c2ccccc2)nn(S(=O)(=O)c2ccccc2)c1C(=O)OC. The molecule has 0 amide bonds. The van der Waals surface area contributed by atoms with Crippen molar-refractivity contribution < 1.29 is 27.5 Å². The number of esters is 2. The van der Waals surface area contributed by atoms with Crippen molar-refractivity contribution in [1.82, 2.24) is 9.19 Å². The Morgan fingerprint density at radius 2 is 1.39 bits per heavy atom. The van der Waals surface area contributed by atoms with E-state index in [4.69, 9.17) is 9.47 Å². The third-order valence-electron chi connectivity index (χ3n) is 3.94. The van der Waals surface area contributed by atoms with Crippen LogP contribution in [0.1, 0.15) is 20.8 Å². The minimum absolute atomic E-state index is 0.00708. The van der Waals surface area contributed by atoms with E-state index >= 15 is 0 Å². The molecule has 0 atom stereocenters. The molecule has 0 radical (unpaired) electrons. The Hall–Kier alpha value is -3.46. The minimum atomic E-state index is -4.28. The average molecular weight is 400 g/mol. The van der Waals surface area contributed by atoms with Gasteiger partial charge in [-0.1, -0.05) is 48.5 Å². The summed E-state index contributed by atoms with van der Waals surface area (Å²) in [6.07, 6.45) is 0. The third-order valence-corrected chi connectivity index (χ3v) is 5.53. The fourth-order valence-electron chi connectivity index (χ4n) is 2.64. The topological polar surface area (TPSA) is 105 Å². The first kappa shape index (κ1) is 19.3. The highest BCUT2D eigenvalue weighted by molar-refractivity contribution is 7.90. The Morgan fingerprint density at radius 1 is 0.857 bits per heavy atom. The summed E-state index contributed by atoms with van der Waals surface area (Å²) in [7, 11) is -2.07. The lowest BCUT2D eigenvalue weighted by Gasteiger charge is -2.08. The first-order chi connectivity index (χ1) is 13.4. The van der Waals surface area contributed by atoms with E-state index in [-0.39, 0.29) is 16.2 Å². The van der Waals surface area contributed by atoms with Crippen LogP contribution in [0.4, 0.5) is 0 Å². The average Bonchev–Trinajstić information content (AvgIpc) is 3.15. The largest absolute Gasteiger partial charge is 0.465 e. The summed E-state index contributed by atoms with van der Waals surface area (Å²) in [5.74, 6) is -1.94. The molecule has 0 bridgehead atoms. The molecule has 0 N–H and O–H groups in total. The number of benzene rings is 2. The number of methoxy groups -OCH3 is 2. The van der Waals surface area contributed by atoms with E-state index in [0.29, 0.717) is 9.65 Å². The highest BCUT2D eigenvalue weighted by atomic mass is 32.2. The summed E-state index contributed by atoms with van der Waals surface area (Å²) in [6, 6.07) is 15.8. The standard InChI is InChI=1S/C19H16N2O6S/c1-26-18(22)15-16(13-9-5-3-6-10-13)20-21(17(15)19(23)27-2)28(24,25)14-11-7-4-8-12-14/h3-12H,1-2H3. The van der Waals surface area contributed by atoms with Crippen molar-refractivity contribution in [3.63, 3.8) is 0 Å². The van der Waals surface area contributed by atoms with Crippen LogP contribution in [0.3, 0.4) is 0 Å². The molecule has 3 aromatic rings. The number of hydrogen-bond donors (Lipinski definition) is 0. The summed E-state index contributed by atoms with van der Waals surface area (Å²) < 4.78 is 36.3. The van der Waals surface area contributed by atoms with Crippen molar-refractivity contribution in [2.24, 2.45) is 0 Å². The maximum absolute atomic E-state index is 13.1. The van der Waals surface area contributed by atoms with Crippen LogP contribution in [0.15, 0.2) is 65.6 Å². The van der Waals surface area contributed by atoms with Crippen molar-refractivity contribution in [1.29, 1.82) is 0 Å². The lowest BCUT2D eigenvalue weighted by molar-refractivity contribution is 0.0551. The molecule has 0 unspecified atom stereocenters. The smallest absolute Gasteiger partial charge is 0.358 e. The molecule has 2 aromatic carbocycles. The molecule has 144 valence electrons. The van der Waals surface area contributed by atoms with Gasteiger partial charge in [0.25, 0.3) is 10.0 Å². The van der Waals surface area contributed by atoms with Gasteiger partial charge >= 0.3 is 11.9 Å². The highest BCUT2D eigenvalue weighted by Crippen LogP contribution is 2.29. The lowest BCUT2D eigenvalue weighted by atomic mass is 10.1. The molecular formula is C19H16N2O6S. The zero-order valence-electron chi connectivity index (χ0n) is 15.0. The maximum Gasteiger partial charge on any atom is 0.358 e. The van der Waals surface area contributed by atoms with Gasteiger partial charge in [-0.05, 0) is 12.1 Å². The van der Waals surface area contributed by atoms with Gasteiger partial charge in [-0.25, -0.2) is 9.59 Å². The number of carbonyl (C=O) groups is 2. The molecule has 8 nitrogen and oxygen atoms in total. The van der Waals surface area contributed by atoms with Gasteiger partial charge in [-0.3, -0.25) is 0 Å². The second-order valence-corrected chi connectivity index (χ2v) is 7.35. The molecule has 0 fully saturated rings. The number of aromatic nitrogens is 2. The molecule has 9 heteroatoms. The normalized spacial score (nSPS) is 11.1. The molecule has 28 heavy (non-hydrogen) atoms. The van der Waals surface area contributed by atoms with E-state index in [1.54, 1.807) is 36.4 Å². The van der Waals surface area contributed by atoms with E-state index in [2.05, 4.69) is 5.10 Å². The van der Waals surface area contributed by atoms with Crippen molar-refractivity contribution >= 4 is 22.0 Å². The van der Waals surface area contributed by atoms with Crippen LogP contribution in [-0.4, -0.2) is 43.8 Å². The Labute approximate surface area is 161 Å². The summed E-state index contributed by atoms with van der Waals surface area (Å²) >= 11 is 0. The van der Waals surface area contributed by atoms with Crippen molar-refractivity contribution in [2.75, 3.05) is 14.2 Å². The quantitative estimate of drug-likeness (QED) is 0.606. The predicted octanol–water partition coefficient (Wildman–Crippen LogP) is 2.36. The number of rotatable bonds is 5. The number of carbonyl (C=O) groups excluding carboxylic acids is 2. The van der Waals surface area contributed by atoms with Crippen molar-refractivity contribution in [2.45, 2.75) is 4.90 Å². The van der Waals surface area contributed by atoms with Gasteiger partial charge in [0.2, 0.25) is 0 Å². The van der Waals surface area contributed by atoms with Gasteiger partial charge in [-0.15, -0.1) is 4.09 Å². The maximum atomic E-state index is 13.1. The van der Waals surface area contributed by atoms with Gasteiger partial charge in [-0.2, -0.15) is 13.5 Å². The molecule has 0 saturated heterocycles. The Morgan fingerprint density at radius 3 is 1.93 bits per heavy atom. The molecule has 0 aliphatic heterocycles. The first-order valence-electron chi connectivity index (χ1n) is 8.07. The zero-order chi connectivity index (χ0) is 20.3. The van der Waals surface area contributed by atoms with E-state index in [1.165, 1.54) is 24.3 Å². The Balaban J connectivity index is 2.39. The van der Waals surface area contributed by atoms with Crippen LogP contribution in [0.2, 0.25) is 0 Å². The third kappa shape index (κ3) is 3.27. The summed E-state index contributed by atoms with van der Waals surface area (Å²) in [4.78, 5) is 24.8.